The molecule has 0 spiro atoms. The van der Waals surface area contributed by atoms with E-state index in [-0.39, 0.29) is 11.9 Å². The Hall–Kier alpha value is -1.43. The Morgan fingerprint density at radius 3 is 2.91 bits per heavy atom. The molecule has 2 heterocycles. The van der Waals surface area contributed by atoms with Gasteiger partial charge in [-0.1, -0.05) is 0 Å². The number of nitrogens with one attached hydrogen (secondary N) is 1. The van der Waals surface area contributed by atoms with Crippen LogP contribution in [0.1, 0.15) is 25.1 Å². The van der Waals surface area contributed by atoms with E-state index in [2.05, 4.69) is 28.6 Å². The van der Waals surface area contributed by atoms with Gasteiger partial charge in [0.1, 0.15) is 5.82 Å². The maximum absolute atomic E-state index is 13.5. The SMILES string of the molecule is CC(C)N(C)C[C@H](O)CN1CCc2[nH]c3ccc(F)cc3c2C1. The lowest BCUT2D eigenvalue weighted by Gasteiger charge is -2.31. The van der Waals surface area contributed by atoms with Crippen LogP contribution in [0.5, 0.6) is 0 Å². The normalized spacial score (nSPS) is 17.2. The van der Waals surface area contributed by atoms with Crippen LogP contribution in [-0.2, 0) is 13.0 Å². The molecule has 1 atom stereocenters. The van der Waals surface area contributed by atoms with Crippen LogP contribution in [0.3, 0.4) is 0 Å². The van der Waals surface area contributed by atoms with E-state index < -0.39 is 0 Å². The van der Waals surface area contributed by atoms with Crippen molar-refractivity contribution in [1.29, 1.82) is 0 Å². The summed E-state index contributed by atoms with van der Waals surface area (Å²) in [5, 5.41) is 11.3. The standard InChI is InChI=1S/C18H26FN3O/c1-12(2)21(3)9-14(23)10-22-7-6-18-16(11-22)15-8-13(19)4-5-17(15)20-18/h4-5,8,12,14,20,23H,6-7,9-11H2,1-3H3/t14-/m0/s1. The van der Waals surface area contributed by atoms with E-state index in [4.69, 9.17) is 0 Å². The number of hydrogen-bond donors (Lipinski definition) is 2. The van der Waals surface area contributed by atoms with Crippen molar-refractivity contribution >= 4 is 10.9 Å². The first-order chi connectivity index (χ1) is 10.9. The summed E-state index contributed by atoms with van der Waals surface area (Å²) in [5.41, 5.74) is 3.38. The minimum Gasteiger partial charge on any atom is -0.390 e. The van der Waals surface area contributed by atoms with Gasteiger partial charge < -0.3 is 15.0 Å². The fourth-order valence-electron chi connectivity index (χ4n) is 3.30. The highest BCUT2D eigenvalue weighted by Gasteiger charge is 2.23. The van der Waals surface area contributed by atoms with E-state index in [0.29, 0.717) is 19.1 Å². The van der Waals surface area contributed by atoms with Crippen LogP contribution in [0.15, 0.2) is 18.2 Å². The smallest absolute Gasteiger partial charge is 0.123 e. The van der Waals surface area contributed by atoms with Crippen LogP contribution in [-0.4, -0.2) is 58.7 Å². The molecule has 0 bridgehead atoms. The quantitative estimate of drug-likeness (QED) is 0.889. The van der Waals surface area contributed by atoms with Gasteiger partial charge in [-0.3, -0.25) is 4.90 Å². The van der Waals surface area contributed by atoms with Crippen molar-refractivity contribution in [2.75, 3.05) is 26.7 Å². The predicted octanol–water partition coefficient (Wildman–Crippen LogP) is 2.37. The lowest BCUT2D eigenvalue weighted by Crippen LogP contribution is -2.42. The lowest BCUT2D eigenvalue weighted by atomic mass is 10.0. The minimum absolute atomic E-state index is 0.199. The van der Waals surface area contributed by atoms with Gasteiger partial charge in [-0.2, -0.15) is 0 Å². The number of β-amino-alcohol motifs (C(OH)–C–C–N with tert-alkyl or cyclic N) is 1. The molecule has 2 N–H and O–H groups in total. The molecule has 1 aromatic carbocycles. The number of aromatic nitrogens is 1. The number of H-pyrrole nitrogens is 1. The Kier molecular flexibility index (Phi) is 4.71. The van der Waals surface area contributed by atoms with Crippen molar-refractivity contribution < 1.29 is 9.50 Å². The number of fused-ring (bicyclic) bond motifs is 3. The van der Waals surface area contributed by atoms with Gasteiger partial charge in [0.05, 0.1) is 6.10 Å². The first-order valence-corrected chi connectivity index (χ1v) is 8.33. The second-order valence-corrected chi connectivity index (χ2v) is 6.94. The second-order valence-electron chi connectivity index (χ2n) is 6.94. The number of aromatic amines is 1. The van der Waals surface area contributed by atoms with E-state index in [0.717, 1.165) is 30.4 Å². The fraction of sp³-hybridized carbons (Fsp3) is 0.556. The third kappa shape index (κ3) is 3.57. The number of aliphatic hydroxyl groups excluding tert-OH is 1. The molecule has 4 nitrogen and oxygen atoms in total. The molecule has 0 fully saturated rings. The molecular formula is C18H26FN3O. The number of benzene rings is 1. The molecule has 5 heteroatoms. The van der Waals surface area contributed by atoms with Gasteiger partial charge >= 0.3 is 0 Å². The molecule has 2 aromatic rings. The summed E-state index contributed by atoms with van der Waals surface area (Å²) in [7, 11) is 2.03. The first kappa shape index (κ1) is 16.4. The van der Waals surface area contributed by atoms with Crippen molar-refractivity contribution in [3.8, 4) is 0 Å². The molecule has 1 aliphatic heterocycles. The molecule has 23 heavy (non-hydrogen) atoms. The van der Waals surface area contributed by atoms with Crippen LogP contribution in [0.2, 0.25) is 0 Å². The van der Waals surface area contributed by atoms with Crippen molar-refractivity contribution in [2.45, 2.75) is 39.0 Å². The Bertz CT molecular complexity index is 682. The highest BCUT2D eigenvalue weighted by Crippen LogP contribution is 2.28. The molecule has 0 unspecified atom stereocenters. The molecule has 1 aromatic heterocycles. The van der Waals surface area contributed by atoms with E-state index in [1.807, 2.05) is 7.05 Å². The first-order valence-electron chi connectivity index (χ1n) is 8.33. The highest BCUT2D eigenvalue weighted by molar-refractivity contribution is 5.84. The van der Waals surface area contributed by atoms with E-state index >= 15 is 0 Å². The number of likely N-dealkylation sites (N-methyl/N-ethyl adjacent to an activating group) is 1. The summed E-state index contributed by atoms with van der Waals surface area (Å²) in [4.78, 5) is 7.82. The summed E-state index contributed by atoms with van der Waals surface area (Å²) >= 11 is 0. The minimum atomic E-state index is -0.370. The molecular weight excluding hydrogens is 293 g/mol. The van der Waals surface area contributed by atoms with E-state index in [9.17, 15) is 9.50 Å². The van der Waals surface area contributed by atoms with E-state index in [1.165, 1.54) is 17.3 Å². The largest absolute Gasteiger partial charge is 0.390 e. The van der Waals surface area contributed by atoms with Crippen LogP contribution in [0.4, 0.5) is 4.39 Å². The lowest BCUT2D eigenvalue weighted by molar-refractivity contribution is 0.0687. The van der Waals surface area contributed by atoms with Crippen LogP contribution < -0.4 is 0 Å². The zero-order valence-electron chi connectivity index (χ0n) is 14.1. The molecule has 1 aliphatic rings. The maximum atomic E-state index is 13.5. The monoisotopic (exact) mass is 319 g/mol. The summed E-state index contributed by atoms with van der Waals surface area (Å²) < 4.78 is 13.5. The number of halogens is 1. The third-order valence-electron chi connectivity index (χ3n) is 4.87. The Balaban J connectivity index is 1.70. The Morgan fingerprint density at radius 2 is 2.17 bits per heavy atom. The summed E-state index contributed by atoms with van der Waals surface area (Å²) in [6, 6.07) is 5.33. The second kappa shape index (κ2) is 6.59. The van der Waals surface area contributed by atoms with Crippen LogP contribution in [0, 0.1) is 5.82 Å². The summed E-state index contributed by atoms with van der Waals surface area (Å²) in [6.07, 6.45) is 0.546. The number of nitrogens with zero attached hydrogens (tertiary/aromatic N) is 2. The Morgan fingerprint density at radius 1 is 1.39 bits per heavy atom. The van der Waals surface area contributed by atoms with E-state index in [1.54, 1.807) is 12.1 Å². The van der Waals surface area contributed by atoms with Gasteiger partial charge in [-0.05, 0) is 44.7 Å². The molecule has 126 valence electrons. The Labute approximate surface area is 136 Å². The zero-order valence-corrected chi connectivity index (χ0v) is 14.1. The molecule has 0 radical (unpaired) electrons. The predicted molar refractivity (Wildman–Crippen MR) is 91.0 cm³/mol. The van der Waals surface area contributed by atoms with Gasteiger partial charge in [0.25, 0.3) is 0 Å². The summed E-state index contributed by atoms with van der Waals surface area (Å²) in [6.45, 7) is 7.26. The topological polar surface area (TPSA) is 42.5 Å². The van der Waals surface area contributed by atoms with Gasteiger partial charge in [0.15, 0.2) is 0 Å². The molecule has 0 saturated heterocycles. The zero-order chi connectivity index (χ0) is 16.6. The van der Waals surface area contributed by atoms with Gasteiger partial charge in [-0.25, -0.2) is 4.39 Å². The fourth-order valence-corrected chi connectivity index (χ4v) is 3.30. The van der Waals surface area contributed by atoms with Crippen LogP contribution >= 0.6 is 0 Å². The van der Waals surface area contributed by atoms with Gasteiger partial charge in [-0.15, -0.1) is 0 Å². The van der Waals surface area contributed by atoms with Gasteiger partial charge in [0.2, 0.25) is 0 Å². The highest BCUT2D eigenvalue weighted by atomic mass is 19.1. The van der Waals surface area contributed by atoms with Crippen molar-refractivity contribution in [2.24, 2.45) is 0 Å². The maximum Gasteiger partial charge on any atom is 0.123 e. The number of rotatable bonds is 5. The third-order valence-corrected chi connectivity index (χ3v) is 4.87. The number of aliphatic hydroxyl groups is 1. The van der Waals surface area contributed by atoms with Crippen LogP contribution in [0.25, 0.3) is 10.9 Å². The molecule has 0 aliphatic carbocycles. The molecule has 3 rings (SSSR count). The summed E-state index contributed by atoms with van der Waals surface area (Å²) in [5.74, 6) is -0.199. The molecule has 0 saturated carbocycles. The number of hydrogen-bond acceptors (Lipinski definition) is 3. The average molecular weight is 319 g/mol. The van der Waals surface area contributed by atoms with Crippen molar-refractivity contribution in [3.05, 3.63) is 35.3 Å². The molecule has 0 amide bonds. The van der Waals surface area contributed by atoms with Crippen molar-refractivity contribution in [3.63, 3.8) is 0 Å². The van der Waals surface area contributed by atoms with Gasteiger partial charge in [0, 0.05) is 55.2 Å². The average Bonchev–Trinajstić information content (AvgIpc) is 2.84. The van der Waals surface area contributed by atoms with Crippen molar-refractivity contribution in [1.82, 2.24) is 14.8 Å².